The van der Waals surface area contributed by atoms with Crippen molar-refractivity contribution in [3.05, 3.63) is 80.0 Å². The van der Waals surface area contributed by atoms with Crippen LogP contribution in [0.3, 0.4) is 0 Å². The van der Waals surface area contributed by atoms with E-state index in [1.54, 1.807) is 30.3 Å². The number of anilines is 3. The molecule has 0 aliphatic rings. The van der Waals surface area contributed by atoms with Crippen LogP contribution in [0.5, 0.6) is 5.75 Å². The second-order valence-electron chi connectivity index (χ2n) is 6.16. The molecule has 31 heavy (non-hydrogen) atoms. The number of aromatic nitrogens is 2. The van der Waals surface area contributed by atoms with Gasteiger partial charge in [0.25, 0.3) is 5.69 Å². The SMILES string of the molecule is COc1ccc(Nc2nc(N/N=C/c3cccc([N+](=O)[O-])c3)nc(C)c2[N+](=O)[O-])cc1. The molecule has 0 atom stereocenters. The normalized spacial score (nSPS) is 10.6. The molecule has 3 aromatic rings. The summed E-state index contributed by atoms with van der Waals surface area (Å²) in [6.45, 7) is 1.48. The van der Waals surface area contributed by atoms with Crippen LogP contribution in [0.25, 0.3) is 0 Å². The highest BCUT2D eigenvalue weighted by Crippen LogP contribution is 2.29. The topological polar surface area (TPSA) is 158 Å². The van der Waals surface area contributed by atoms with Gasteiger partial charge in [0.15, 0.2) is 0 Å². The first-order valence-electron chi connectivity index (χ1n) is 8.85. The molecule has 3 rings (SSSR count). The summed E-state index contributed by atoms with van der Waals surface area (Å²) >= 11 is 0. The lowest BCUT2D eigenvalue weighted by Crippen LogP contribution is -2.07. The summed E-state index contributed by atoms with van der Waals surface area (Å²) in [6, 6.07) is 12.7. The van der Waals surface area contributed by atoms with E-state index in [0.29, 0.717) is 17.0 Å². The molecule has 0 aliphatic carbocycles. The fraction of sp³-hybridized carbons (Fsp3) is 0.105. The van der Waals surface area contributed by atoms with Crippen molar-refractivity contribution in [3.63, 3.8) is 0 Å². The molecular formula is C19H17N7O5. The Labute approximate surface area is 175 Å². The van der Waals surface area contributed by atoms with Crippen LogP contribution in [0, 0.1) is 27.2 Å². The molecular weight excluding hydrogens is 406 g/mol. The Kier molecular flexibility index (Phi) is 6.30. The van der Waals surface area contributed by atoms with E-state index in [0.717, 1.165) is 0 Å². The molecule has 2 N–H and O–H groups in total. The molecule has 0 amide bonds. The zero-order valence-corrected chi connectivity index (χ0v) is 16.5. The summed E-state index contributed by atoms with van der Waals surface area (Å²) < 4.78 is 5.10. The molecule has 12 nitrogen and oxygen atoms in total. The van der Waals surface area contributed by atoms with Crippen LogP contribution in [-0.2, 0) is 0 Å². The summed E-state index contributed by atoms with van der Waals surface area (Å²) in [6.07, 6.45) is 1.35. The summed E-state index contributed by atoms with van der Waals surface area (Å²) in [5, 5.41) is 29.2. The van der Waals surface area contributed by atoms with Gasteiger partial charge < -0.3 is 10.1 Å². The van der Waals surface area contributed by atoms with Crippen LogP contribution in [0.15, 0.2) is 53.6 Å². The van der Waals surface area contributed by atoms with Gasteiger partial charge in [0.05, 0.1) is 23.2 Å². The maximum absolute atomic E-state index is 11.5. The number of rotatable bonds is 8. The predicted molar refractivity (Wildman–Crippen MR) is 114 cm³/mol. The number of ether oxygens (including phenoxy) is 1. The summed E-state index contributed by atoms with van der Waals surface area (Å²) in [4.78, 5) is 29.5. The fourth-order valence-corrected chi connectivity index (χ4v) is 2.62. The van der Waals surface area contributed by atoms with Gasteiger partial charge >= 0.3 is 5.69 Å². The highest BCUT2D eigenvalue weighted by molar-refractivity contribution is 5.81. The third kappa shape index (κ3) is 5.26. The molecule has 0 unspecified atom stereocenters. The largest absolute Gasteiger partial charge is 0.497 e. The zero-order valence-electron chi connectivity index (χ0n) is 16.5. The van der Waals surface area contributed by atoms with Crippen molar-refractivity contribution in [1.82, 2.24) is 9.97 Å². The molecule has 0 bridgehead atoms. The van der Waals surface area contributed by atoms with Crippen molar-refractivity contribution in [2.45, 2.75) is 6.92 Å². The minimum atomic E-state index is -0.572. The van der Waals surface area contributed by atoms with Crippen LogP contribution in [0.1, 0.15) is 11.3 Å². The number of nitro groups is 2. The van der Waals surface area contributed by atoms with Crippen molar-refractivity contribution >= 4 is 35.0 Å². The second-order valence-corrected chi connectivity index (χ2v) is 6.16. The molecule has 1 heterocycles. The predicted octanol–water partition coefficient (Wildman–Crippen LogP) is 3.80. The third-order valence-corrected chi connectivity index (χ3v) is 4.05. The van der Waals surface area contributed by atoms with Gasteiger partial charge in [-0.1, -0.05) is 12.1 Å². The van der Waals surface area contributed by atoms with E-state index >= 15 is 0 Å². The van der Waals surface area contributed by atoms with Gasteiger partial charge in [0, 0.05) is 23.4 Å². The molecule has 0 radical (unpaired) electrons. The van der Waals surface area contributed by atoms with Crippen LogP contribution < -0.4 is 15.5 Å². The molecule has 0 spiro atoms. The number of benzene rings is 2. The Morgan fingerprint density at radius 2 is 1.81 bits per heavy atom. The standard InChI is InChI=1S/C19H17N7O5/c1-12-17(26(29)30)18(22-14-6-8-16(31-2)9-7-14)23-19(21-12)24-20-11-13-4-3-5-15(10-13)25(27)28/h3-11H,1-2H3,(H2,21,22,23,24)/b20-11+. The number of non-ortho nitro benzene ring substituents is 1. The number of nitro benzene ring substituents is 1. The lowest BCUT2D eigenvalue weighted by atomic mass is 10.2. The van der Waals surface area contributed by atoms with Gasteiger partial charge in [-0.15, -0.1) is 0 Å². The molecule has 0 saturated heterocycles. The number of nitrogens with one attached hydrogen (secondary N) is 2. The summed E-state index contributed by atoms with van der Waals surface area (Å²) in [5.74, 6) is 0.633. The van der Waals surface area contributed by atoms with E-state index in [9.17, 15) is 20.2 Å². The Bertz CT molecular complexity index is 1150. The first kappa shape index (κ1) is 21.1. The van der Waals surface area contributed by atoms with E-state index in [-0.39, 0.29) is 28.8 Å². The lowest BCUT2D eigenvalue weighted by Gasteiger charge is -2.10. The van der Waals surface area contributed by atoms with Crippen molar-refractivity contribution < 1.29 is 14.6 Å². The van der Waals surface area contributed by atoms with Gasteiger partial charge in [0.2, 0.25) is 11.8 Å². The Morgan fingerprint density at radius 1 is 1.06 bits per heavy atom. The van der Waals surface area contributed by atoms with Gasteiger partial charge in [-0.2, -0.15) is 10.1 Å². The zero-order chi connectivity index (χ0) is 22.4. The van der Waals surface area contributed by atoms with Gasteiger partial charge in [-0.05, 0) is 31.2 Å². The van der Waals surface area contributed by atoms with Crippen LogP contribution in [0.4, 0.5) is 28.8 Å². The van der Waals surface area contributed by atoms with Gasteiger partial charge in [-0.25, -0.2) is 10.4 Å². The average molecular weight is 423 g/mol. The van der Waals surface area contributed by atoms with Crippen molar-refractivity contribution in [3.8, 4) is 5.75 Å². The quantitative estimate of drug-likeness (QED) is 0.312. The number of aryl methyl sites for hydroxylation is 1. The lowest BCUT2D eigenvalue weighted by molar-refractivity contribution is -0.385. The monoisotopic (exact) mass is 423 g/mol. The van der Waals surface area contributed by atoms with Crippen LogP contribution in [-0.4, -0.2) is 33.1 Å². The minimum absolute atomic E-state index is 0.0146. The molecule has 0 aliphatic heterocycles. The van der Waals surface area contributed by atoms with Crippen LogP contribution >= 0.6 is 0 Å². The summed E-state index contributed by atoms with van der Waals surface area (Å²) in [7, 11) is 1.53. The minimum Gasteiger partial charge on any atom is -0.497 e. The maximum atomic E-state index is 11.5. The number of hydrogen-bond donors (Lipinski definition) is 2. The number of nitrogens with zero attached hydrogens (tertiary/aromatic N) is 5. The molecule has 1 aromatic heterocycles. The summed E-state index contributed by atoms with van der Waals surface area (Å²) in [5.41, 5.74) is 3.42. The number of hydrogen-bond acceptors (Lipinski definition) is 10. The molecule has 0 saturated carbocycles. The first-order chi connectivity index (χ1) is 14.9. The van der Waals surface area contributed by atoms with E-state index in [1.165, 1.54) is 38.4 Å². The molecule has 158 valence electrons. The second kappa shape index (κ2) is 9.26. The van der Waals surface area contributed by atoms with Gasteiger partial charge in [0.1, 0.15) is 11.4 Å². The van der Waals surface area contributed by atoms with Crippen molar-refractivity contribution in [2.24, 2.45) is 5.10 Å². The molecule has 2 aromatic carbocycles. The van der Waals surface area contributed by atoms with E-state index < -0.39 is 9.85 Å². The van der Waals surface area contributed by atoms with Gasteiger partial charge in [-0.3, -0.25) is 20.2 Å². The highest BCUT2D eigenvalue weighted by atomic mass is 16.6. The van der Waals surface area contributed by atoms with Crippen LogP contribution in [0.2, 0.25) is 0 Å². The highest BCUT2D eigenvalue weighted by Gasteiger charge is 2.22. The Morgan fingerprint density at radius 3 is 2.45 bits per heavy atom. The van der Waals surface area contributed by atoms with E-state index in [4.69, 9.17) is 4.74 Å². The average Bonchev–Trinajstić information content (AvgIpc) is 2.74. The first-order valence-corrected chi connectivity index (χ1v) is 8.85. The number of methoxy groups -OCH3 is 1. The Balaban J connectivity index is 1.85. The maximum Gasteiger partial charge on any atom is 0.332 e. The van der Waals surface area contributed by atoms with Crippen molar-refractivity contribution in [1.29, 1.82) is 0 Å². The van der Waals surface area contributed by atoms with E-state index in [2.05, 4.69) is 25.8 Å². The Hall–Kier alpha value is -4.61. The molecule has 12 heteroatoms. The van der Waals surface area contributed by atoms with E-state index in [1.807, 2.05) is 0 Å². The third-order valence-electron chi connectivity index (χ3n) is 4.05. The number of hydrazone groups is 1. The smallest absolute Gasteiger partial charge is 0.332 e. The fourth-order valence-electron chi connectivity index (χ4n) is 2.62. The van der Waals surface area contributed by atoms with Crippen molar-refractivity contribution in [2.75, 3.05) is 17.9 Å². The molecule has 0 fully saturated rings.